The summed E-state index contributed by atoms with van der Waals surface area (Å²) in [6.45, 7) is 1.77. The van der Waals surface area contributed by atoms with Crippen molar-refractivity contribution in [1.82, 2.24) is 14.9 Å². The Labute approximate surface area is 193 Å². The monoisotopic (exact) mass is 472 g/mol. The molecule has 10 heteroatoms. The lowest BCUT2D eigenvalue weighted by atomic mass is 10.1. The number of carbonyl (C=O) groups excluding carboxylic acids is 1. The minimum atomic E-state index is -0.487. The van der Waals surface area contributed by atoms with Crippen molar-refractivity contribution in [3.05, 3.63) is 45.3 Å². The van der Waals surface area contributed by atoms with Crippen molar-refractivity contribution in [1.29, 1.82) is 5.26 Å². The molecular weight excluding hydrogens is 452 g/mol. The van der Waals surface area contributed by atoms with Crippen LogP contribution in [0.25, 0.3) is 11.4 Å². The number of halogens is 1. The summed E-state index contributed by atoms with van der Waals surface area (Å²) < 4.78 is 1.34. The van der Waals surface area contributed by atoms with E-state index in [4.69, 9.17) is 17.4 Å². The molecule has 4 rings (SSSR count). The van der Waals surface area contributed by atoms with E-state index in [-0.39, 0.29) is 5.91 Å². The van der Waals surface area contributed by atoms with Crippen LogP contribution in [0.15, 0.2) is 29.4 Å². The van der Waals surface area contributed by atoms with E-state index >= 15 is 0 Å². The second-order valence-electron chi connectivity index (χ2n) is 7.29. The van der Waals surface area contributed by atoms with Crippen LogP contribution in [0.5, 0.6) is 0 Å². The molecule has 1 unspecified atom stereocenters. The van der Waals surface area contributed by atoms with E-state index in [1.54, 1.807) is 13.0 Å². The van der Waals surface area contributed by atoms with Crippen LogP contribution in [-0.4, -0.2) is 26.0 Å². The number of benzene rings is 1. The Morgan fingerprint density at radius 2 is 2.10 bits per heavy atom. The van der Waals surface area contributed by atoms with Gasteiger partial charge in [-0.1, -0.05) is 41.9 Å². The summed E-state index contributed by atoms with van der Waals surface area (Å²) in [6, 6.07) is 9.52. The molecule has 1 aliphatic rings. The molecule has 2 aromatic heterocycles. The Morgan fingerprint density at radius 3 is 2.87 bits per heavy atom. The van der Waals surface area contributed by atoms with Crippen LogP contribution in [-0.2, 0) is 17.6 Å². The standard InChI is InChI=1S/C21H21ClN6OS2/c1-12(30-21-27-26-18(28(21)24)14-8-5-6-9-16(14)22)19(29)25-20-15(11-23)13-7-3-2-4-10-17(13)31-20/h5-6,8-9,12H,2-4,7,10,24H2,1H3,(H,25,29). The van der Waals surface area contributed by atoms with Crippen LogP contribution < -0.4 is 11.2 Å². The summed E-state index contributed by atoms with van der Waals surface area (Å²) in [5.41, 5.74) is 2.38. The van der Waals surface area contributed by atoms with E-state index in [0.717, 1.165) is 31.2 Å². The number of carbonyl (C=O) groups is 1. The van der Waals surface area contributed by atoms with Crippen molar-refractivity contribution in [2.24, 2.45) is 0 Å². The number of nitrogens with two attached hydrogens (primary N) is 1. The fraction of sp³-hybridized carbons (Fsp3) is 0.333. The molecule has 7 nitrogen and oxygen atoms in total. The SMILES string of the molecule is CC(Sc1nnc(-c2ccccc2Cl)n1N)C(=O)Nc1sc2c(c1C#N)CCCCC2. The summed E-state index contributed by atoms with van der Waals surface area (Å²) in [4.78, 5) is 14.1. The summed E-state index contributed by atoms with van der Waals surface area (Å²) in [5, 5.41) is 21.9. The molecule has 0 radical (unpaired) electrons. The van der Waals surface area contributed by atoms with Gasteiger partial charge in [0.25, 0.3) is 0 Å². The smallest absolute Gasteiger partial charge is 0.238 e. The zero-order valence-electron chi connectivity index (χ0n) is 16.9. The largest absolute Gasteiger partial charge is 0.335 e. The molecule has 31 heavy (non-hydrogen) atoms. The Bertz CT molecular complexity index is 1170. The van der Waals surface area contributed by atoms with Crippen LogP contribution in [0.1, 0.15) is 42.2 Å². The molecule has 0 saturated heterocycles. The lowest BCUT2D eigenvalue weighted by molar-refractivity contribution is -0.115. The van der Waals surface area contributed by atoms with Gasteiger partial charge in [-0.05, 0) is 50.3 Å². The Hall–Kier alpha value is -2.54. The highest BCUT2D eigenvalue weighted by atomic mass is 35.5. The summed E-state index contributed by atoms with van der Waals surface area (Å²) in [5.74, 6) is 6.39. The van der Waals surface area contributed by atoms with Gasteiger partial charge in [0, 0.05) is 10.4 Å². The average Bonchev–Trinajstić information content (AvgIpc) is 3.18. The molecule has 160 valence electrons. The van der Waals surface area contributed by atoms with Crippen LogP contribution in [0.2, 0.25) is 5.02 Å². The fourth-order valence-electron chi connectivity index (χ4n) is 3.56. The molecule has 0 saturated carbocycles. The molecule has 0 aliphatic heterocycles. The number of thioether (sulfide) groups is 1. The van der Waals surface area contributed by atoms with Gasteiger partial charge in [-0.25, -0.2) is 4.68 Å². The second-order valence-corrected chi connectivity index (χ2v) is 10.1. The fourth-order valence-corrected chi connectivity index (χ4v) is 5.79. The zero-order chi connectivity index (χ0) is 22.0. The van der Waals surface area contributed by atoms with E-state index in [9.17, 15) is 10.1 Å². The van der Waals surface area contributed by atoms with Gasteiger partial charge in [0.15, 0.2) is 5.82 Å². The molecule has 1 amide bonds. The summed E-state index contributed by atoms with van der Waals surface area (Å²) in [7, 11) is 0. The van der Waals surface area contributed by atoms with Crippen LogP contribution in [0.3, 0.4) is 0 Å². The van der Waals surface area contributed by atoms with E-state index < -0.39 is 5.25 Å². The minimum Gasteiger partial charge on any atom is -0.335 e. The number of fused-ring (bicyclic) bond motifs is 1. The Kier molecular flexibility index (Phi) is 6.51. The van der Waals surface area contributed by atoms with Crippen molar-refractivity contribution in [2.45, 2.75) is 49.4 Å². The quantitative estimate of drug-likeness (QED) is 0.318. The van der Waals surface area contributed by atoms with Crippen molar-refractivity contribution in [3.63, 3.8) is 0 Å². The van der Waals surface area contributed by atoms with Gasteiger partial charge in [-0.2, -0.15) is 5.26 Å². The molecule has 3 aromatic rings. The van der Waals surface area contributed by atoms with Gasteiger partial charge >= 0.3 is 0 Å². The van der Waals surface area contributed by atoms with E-state index in [0.29, 0.717) is 32.1 Å². The molecule has 0 spiro atoms. The van der Waals surface area contributed by atoms with Crippen molar-refractivity contribution in [2.75, 3.05) is 11.2 Å². The lowest BCUT2D eigenvalue weighted by Gasteiger charge is -2.11. The number of aryl methyl sites for hydroxylation is 1. The van der Waals surface area contributed by atoms with Gasteiger partial charge in [0.1, 0.15) is 11.1 Å². The molecule has 2 heterocycles. The van der Waals surface area contributed by atoms with E-state index in [1.807, 2.05) is 18.2 Å². The first-order valence-electron chi connectivity index (χ1n) is 9.97. The topological polar surface area (TPSA) is 110 Å². The first-order chi connectivity index (χ1) is 15.0. The van der Waals surface area contributed by atoms with Crippen LogP contribution >= 0.6 is 34.7 Å². The first kappa shape index (κ1) is 21.7. The van der Waals surface area contributed by atoms with E-state index in [1.165, 1.54) is 39.1 Å². The molecule has 1 aromatic carbocycles. The van der Waals surface area contributed by atoms with Crippen molar-refractivity contribution in [3.8, 4) is 17.5 Å². The third kappa shape index (κ3) is 4.42. The molecule has 3 N–H and O–H groups in total. The van der Waals surface area contributed by atoms with Crippen molar-refractivity contribution >= 4 is 45.6 Å². The summed E-state index contributed by atoms with van der Waals surface area (Å²) >= 11 is 8.96. The number of anilines is 1. The highest BCUT2D eigenvalue weighted by Crippen LogP contribution is 2.37. The second kappa shape index (κ2) is 9.30. The lowest BCUT2D eigenvalue weighted by Crippen LogP contribution is -2.23. The predicted octanol–water partition coefficient (Wildman–Crippen LogP) is 4.63. The number of nitrogens with zero attached hydrogens (tertiary/aromatic N) is 4. The number of rotatable bonds is 5. The highest BCUT2D eigenvalue weighted by molar-refractivity contribution is 8.00. The number of hydrogen-bond acceptors (Lipinski definition) is 7. The first-order valence-corrected chi connectivity index (χ1v) is 12.0. The maximum atomic E-state index is 12.9. The van der Waals surface area contributed by atoms with Gasteiger partial charge in [-0.15, -0.1) is 21.5 Å². The third-order valence-electron chi connectivity index (χ3n) is 5.20. The molecule has 1 atom stereocenters. The number of amides is 1. The number of nitrogen functional groups attached to an aromatic ring is 1. The normalized spacial score (nSPS) is 14.4. The Morgan fingerprint density at radius 1 is 1.32 bits per heavy atom. The minimum absolute atomic E-state index is 0.208. The maximum absolute atomic E-state index is 12.9. The van der Waals surface area contributed by atoms with Crippen LogP contribution in [0, 0.1) is 11.3 Å². The average molecular weight is 473 g/mol. The summed E-state index contributed by atoms with van der Waals surface area (Å²) in [6.07, 6.45) is 5.25. The van der Waals surface area contributed by atoms with Gasteiger partial charge in [-0.3, -0.25) is 4.79 Å². The zero-order valence-corrected chi connectivity index (χ0v) is 19.3. The number of nitrogens with one attached hydrogen (secondary N) is 1. The molecule has 1 aliphatic carbocycles. The molecule has 0 fully saturated rings. The van der Waals surface area contributed by atoms with Crippen molar-refractivity contribution < 1.29 is 4.79 Å². The highest BCUT2D eigenvalue weighted by Gasteiger charge is 2.25. The maximum Gasteiger partial charge on any atom is 0.238 e. The number of aromatic nitrogens is 3. The third-order valence-corrected chi connectivity index (χ3v) is 7.79. The number of hydrogen-bond donors (Lipinski definition) is 2. The number of thiophene rings is 1. The van der Waals surface area contributed by atoms with Gasteiger partial charge < -0.3 is 11.2 Å². The van der Waals surface area contributed by atoms with Gasteiger partial charge in [0.05, 0.1) is 15.8 Å². The molecular formula is C21H21ClN6OS2. The number of nitriles is 1. The molecule has 0 bridgehead atoms. The van der Waals surface area contributed by atoms with Gasteiger partial charge in [0.2, 0.25) is 11.1 Å². The Balaban J connectivity index is 1.49. The predicted molar refractivity (Wildman–Crippen MR) is 125 cm³/mol. The van der Waals surface area contributed by atoms with E-state index in [2.05, 4.69) is 21.6 Å². The van der Waals surface area contributed by atoms with Crippen LogP contribution in [0.4, 0.5) is 5.00 Å².